The van der Waals surface area contributed by atoms with Crippen molar-refractivity contribution in [1.82, 2.24) is 9.55 Å². The lowest BCUT2D eigenvalue weighted by Gasteiger charge is -2.23. The van der Waals surface area contributed by atoms with Crippen LogP contribution in [0.15, 0.2) is 9.59 Å². The lowest BCUT2D eigenvalue weighted by Crippen LogP contribution is -2.42. The molecule has 3 rings (SSSR count). The molecule has 0 spiro atoms. The number of hydrogen-bond acceptors (Lipinski definition) is 6. The van der Waals surface area contributed by atoms with Gasteiger partial charge in [-0.05, 0) is 50.4 Å². The van der Waals surface area contributed by atoms with Crippen LogP contribution in [0.3, 0.4) is 0 Å². The summed E-state index contributed by atoms with van der Waals surface area (Å²) in [7, 11) is 0. The molecule has 2 fully saturated rings. The Kier molecular flexibility index (Phi) is 6.99. The van der Waals surface area contributed by atoms with Crippen molar-refractivity contribution in [1.29, 1.82) is 0 Å². The molecule has 1 aromatic rings. The Morgan fingerprint density at radius 3 is 2.60 bits per heavy atom. The molecule has 0 unspecified atom stereocenters. The number of fused-ring (bicyclic) bond motifs is 2. The highest BCUT2D eigenvalue weighted by Gasteiger charge is 2.40. The molecule has 3 atom stereocenters. The lowest BCUT2D eigenvalue weighted by atomic mass is 9.86. The van der Waals surface area contributed by atoms with Crippen molar-refractivity contribution in [2.45, 2.75) is 65.3 Å². The Hall–Kier alpha value is -2.58. The van der Waals surface area contributed by atoms with E-state index in [0.717, 1.165) is 18.8 Å². The molecule has 1 amide bonds. The minimum atomic E-state index is -0.728. The summed E-state index contributed by atoms with van der Waals surface area (Å²) in [6.07, 6.45) is 6.60. The van der Waals surface area contributed by atoms with Gasteiger partial charge in [-0.25, -0.2) is 4.79 Å². The van der Waals surface area contributed by atoms with E-state index in [1.54, 1.807) is 6.92 Å². The standard InChI is InChI=1S/C21H32N4O5/c1-3-5-8-25-19(22)18(20(28)23-21(25)29)24(4-2)16(26)12-30-17(27)11-15-10-13-6-7-14(15)9-13/h13-15H,3-12,22H2,1-2H3,(H,23,28,29)/t13-,14-,15-/m1/s1. The van der Waals surface area contributed by atoms with Crippen molar-refractivity contribution in [3.8, 4) is 0 Å². The Bertz CT molecular complexity index is 906. The number of anilines is 2. The van der Waals surface area contributed by atoms with E-state index < -0.39 is 23.8 Å². The number of carbonyl (C=O) groups excluding carboxylic acids is 2. The zero-order chi connectivity index (χ0) is 21.8. The molecule has 1 aromatic heterocycles. The van der Waals surface area contributed by atoms with Gasteiger partial charge in [-0.15, -0.1) is 0 Å². The molecule has 2 aliphatic rings. The molecule has 0 aliphatic heterocycles. The summed E-state index contributed by atoms with van der Waals surface area (Å²) in [4.78, 5) is 52.8. The summed E-state index contributed by atoms with van der Waals surface area (Å²) in [6.45, 7) is 3.70. The first kappa shape index (κ1) is 22.1. The van der Waals surface area contributed by atoms with Gasteiger partial charge in [0.15, 0.2) is 12.3 Å². The van der Waals surface area contributed by atoms with Crippen molar-refractivity contribution in [3.05, 3.63) is 20.8 Å². The minimum Gasteiger partial charge on any atom is -0.456 e. The summed E-state index contributed by atoms with van der Waals surface area (Å²) in [6, 6.07) is 0. The number of amides is 1. The number of carbonyl (C=O) groups is 2. The maximum absolute atomic E-state index is 12.7. The van der Waals surface area contributed by atoms with Crippen LogP contribution in [0, 0.1) is 17.8 Å². The summed E-state index contributed by atoms with van der Waals surface area (Å²) in [5.41, 5.74) is 4.67. The molecule has 0 aromatic carbocycles. The van der Waals surface area contributed by atoms with Gasteiger partial charge in [-0.3, -0.25) is 23.9 Å². The molecule has 9 heteroatoms. The normalized spacial score (nSPS) is 22.3. The van der Waals surface area contributed by atoms with Gasteiger partial charge < -0.3 is 15.4 Å². The molecule has 2 aliphatic carbocycles. The average Bonchev–Trinajstić information content (AvgIpc) is 3.32. The van der Waals surface area contributed by atoms with Crippen molar-refractivity contribution in [2.75, 3.05) is 23.8 Å². The molecule has 0 radical (unpaired) electrons. The number of likely N-dealkylation sites (N-methyl/N-ethyl adjacent to an activating group) is 1. The number of ether oxygens (including phenoxy) is 1. The number of aromatic nitrogens is 2. The number of hydrogen-bond donors (Lipinski definition) is 2. The van der Waals surface area contributed by atoms with Crippen LogP contribution in [0.4, 0.5) is 11.5 Å². The molecule has 9 nitrogen and oxygen atoms in total. The quantitative estimate of drug-likeness (QED) is 0.585. The number of nitrogen functional groups attached to an aromatic ring is 1. The number of esters is 1. The first-order chi connectivity index (χ1) is 14.3. The third kappa shape index (κ3) is 4.60. The Balaban J connectivity index is 1.66. The number of unbranched alkanes of at least 4 members (excludes halogenated alkanes) is 1. The molecule has 2 saturated carbocycles. The molecule has 30 heavy (non-hydrogen) atoms. The Morgan fingerprint density at radius 2 is 2.00 bits per heavy atom. The summed E-state index contributed by atoms with van der Waals surface area (Å²) >= 11 is 0. The van der Waals surface area contributed by atoms with Crippen LogP contribution in [0.2, 0.25) is 0 Å². The average molecular weight is 421 g/mol. The number of aromatic amines is 1. The van der Waals surface area contributed by atoms with E-state index in [1.807, 2.05) is 6.92 Å². The second kappa shape index (κ2) is 9.49. The van der Waals surface area contributed by atoms with Gasteiger partial charge in [0.25, 0.3) is 11.5 Å². The molecular weight excluding hydrogens is 388 g/mol. The second-order valence-electron chi connectivity index (χ2n) is 8.44. The van der Waals surface area contributed by atoms with E-state index in [-0.39, 0.29) is 24.0 Å². The highest BCUT2D eigenvalue weighted by molar-refractivity contribution is 5.97. The first-order valence-electron chi connectivity index (χ1n) is 10.9. The minimum absolute atomic E-state index is 0.0549. The first-order valence-corrected chi connectivity index (χ1v) is 10.9. The summed E-state index contributed by atoms with van der Waals surface area (Å²) < 4.78 is 6.49. The SMILES string of the molecule is CCCCn1c(N)c(N(CC)C(=O)COC(=O)C[C@H]2C[C@@H]3CC[C@@H]2C3)c(=O)[nH]c1=O. The van der Waals surface area contributed by atoms with Crippen LogP contribution in [0.1, 0.15) is 58.8 Å². The monoisotopic (exact) mass is 420 g/mol. The zero-order valence-electron chi connectivity index (χ0n) is 17.8. The lowest BCUT2D eigenvalue weighted by molar-refractivity contribution is -0.149. The maximum Gasteiger partial charge on any atom is 0.330 e. The van der Waals surface area contributed by atoms with Crippen molar-refractivity contribution in [2.24, 2.45) is 17.8 Å². The topological polar surface area (TPSA) is 127 Å². The van der Waals surface area contributed by atoms with Crippen LogP contribution >= 0.6 is 0 Å². The van der Waals surface area contributed by atoms with Crippen LogP contribution < -0.4 is 21.9 Å². The van der Waals surface area contributed by atoms with Gasteiger partial charge in [0.2, 0.25) is 0 Å². The zero-order valence-corrected chi connectivity index (χ0v) is 17.8. The summed E-state index contributed by atoms with van der Waals surface area (Å²) in [5, 5.41) is 0. The molecule has 0 saturated heterocycles. The number of nitrogens with zero attached hydrogens (tertiary/aromatic N) is 2. The Labute approximate surface area is 175 Å². The molecule has 3 N–H and O–H groups in total. The summed E-state index contributed by atoms with van der Waals surface area (Å²) in [5.74, 6) is 0.717. The van der Waals surface area contributed by atoms with Gasteiger partial charge in [-0.2, -0.15) is 0 Å². The predicted octanol–water partition coefficient (Wildman–Crippen LogP) is 1.64. The molecule has 2 bridgehead atoms. The number of nitrogens with two attached hydrogens (primary N) is 1. The van der Waals surface area contributed by atoms with Gasteiger partial charge in [0.1, 0.15) is 5.82 Å². The fraction of sp³-hybridized carbons (Fsp3) is 0.714. The Morgan fingerprint density at radius 1 is 1.23 bits per heavy atom. The van der Waals surface area contributed by atoms with E-state index in [4.69, 9.17) is 10.5 Å². The predicted molar refractivity (Wildman–Crippen MR) is 113 cm³/mol. The van der Waals surface area contributed by atoms with Crippen molar-refractivity contribution in [3.63, 3.8) is 0 Å². The smallest absolute Gasteiger partial charge is 0.330 e. The molecule has 1 heterocycles. The van der Waals surface area contributed by atoms with Gasteiger partial charge >= 0.3 is 11.7 Å². The fourth-order valence-corrected chi connectivity index (χ4v) is 4.96. The van der Waals surface area contributed by atoms with Crippen LogP contribution in [0.25, 0.3) is 0 Å². The van der Waals surface area contributed by atoms with Crippen molar-refractivity contribution < 1.29 is 14.3 Å². The van der Waals surface area contributed by atoms with E-state index in [9.17, 15) is 19.2 Å². The van der Waals surface area contributed by atoms with Gasteiger partial charge in [0, 0.05) is 19.5 Å². The van der Waals surface area contributed by atoms with E-state index in [0.29, 0.717) is 31.2 Å². The van der Waals surface area contributed by atoms with Gasteiger partial charge in [-0.1, -0.05) is 19.8 Å². The third-order valence-electron chi connectivity index (χ3n) is 6.51. The number of H-pyrrole nitrogens is 1. The van der Waals surface area contributed by atoms with Gasteiger partial charge in [0.05, 0.1) is 0 Å². The van der Waals surface area contributed by atoms with Crippen LogP contribution in [-0.2, 0) is 20.9 Å². The van der Waals surface area contributed by atoms with E-state index in [2.05, 4.69) is 4.98 Å². The van der Waals surface area contributed by atoms with E-state index in [1.165, 1.54) is 28.7 Å². The molecule has 166 valence electrons. The highest BCUT2D eigenvalue weighted by atomic mass is 16.5. The fourth-order valence-electron chi connectivity index (χ4n) is 4.96. The third-order valence-corrected chi connectivity index (χ3v) is 6.51. The number of rotatable bonds is 9. The van der Waals surface area contributed by atoms with Crippen LogP contribution in [0.5, 0.6) is 0 Å². The van der Waals surface area contributed by atoms with E-state index >= 15 is 0 Å². The second-order valence-corrected chi connectivity index (χ2v) is 8.44. The van der Waals surface area contributed by atoms with Crippen LogP contribution in [-0.4, -0.2) is 34.6 Å². The largest absolute Gasteiger partial charge is 0.456 e. The number of nitrogens with one attached hydrogen (secondary N) is 1. The highest BCUT2D eigenvalue weighted by Crippen LogP contribution is 2.49. The molecular formula is C21H32N4O5. The van der Waals surface area contributed by atoms with Crippen molar-refractivity contribution >= 4 is 23.4 Å². The maximum atomic E-state index is 12.7.